The van der Waals surface area contributed by atoms with Gasteiger partial charge in [-0.3, -0.25) is 9.59 Å². The van der Waals surface area contributed by atoms with Crippen LogP contribution in [0.4, 0.5) is 5.95 Å². The molecule has 8 nitrogen and oxygen atoms in total. The molecule has 1 fully saturated rings. The lowest BCUT2D eigenvalue weighted by atomic mass is 10.1. The number of esters is 1. The maximum absolute atomic E-state index is 12.3. The molecule has 2 heterocycles. The summed E-state index contributed by atoms with van der Waals surface area (Å²) < 4.78 is 10.7. The van der Waals surface area contributed by atoms with Crippen molar-refractivity contribution < 1.29 is 19.1 Å². The Kier molecular flexibility index (Phi) is 7.38. The first-order valence-electron chi connectivity index (χ1n) is 9.83. The summed E-state index contributed by atoms with van der Waals surface area (Å²) in [7, 11) is 0. The number of nitrogens with zero attached hydrogens (tertiary/aromatic N) is 4. The molecule has 0 spiro atoms. The molecule has 0 saturated carbocycles. The van der Waals surface area contributed by atoms with Gasteiger partial charge in [0.2, 0.25) is 5.95 Å². The number of hydrogen-bond donors (Lipinski definition) is 0. The molecule has 1 saturated heterocycles. The first-order valence-corrected chi connectivity index (χ1v) is 9.83. The summed E-state index contributed by atoms with van der Waals surface area (Å²) in [5, 5.41) is 0. The van der Waals surface area contributed by atoms with E-state index in [0.29, 0.717) is 45.2 Å². The normalized spacial score (nSPS) is 13.8. The second-order valence-corrected chi connectivity index (χ2v) is 6.62. The predicted molar refractivity (Wildman–Crippen MR) is 108 cm³/mol. The summed E-state index contributed by atoms with van der Waals surface area (Å²) in [6.07, 6.45) is 4.12. The lowest BCUT2D eigenvalue weighted by Crippen LogP contribution is -2.50. The minimum atomic E-state index is -0.388. The molecule has 29 heavy (non-hydrogen) atoms. The second kappa shape index (κ2) is 10.4. The van der Waals surface area contributed by atoms with Crippen molar-refractivity contribution in [3.05, 3.63) is 48.3 Å². The zero-order chi connectivity index (χ0) is 20.5. The largest absolute Gasteiger partial charge is 0.494 e. The SMILES string of the molecule is CCOc1ccccc1CCC(=O)OCC(=O)N1CCN(c2ncccn2)CC1. The van der Waals surface area contributed by atoms with E-state index in [9.17, 15) is 9.59 Å². The molecule has 0 atom stereocenters. The Hall–Kier alpha value is -3.16. The molecule has 0 aliphatic carbocycles. The van der Waals surface area contributed by atoms with Crippen LogP contribution in [0.3, 0.4) is 0 Å². The highest BCUT2D eigenvalue weighted by Gasteiger charge is 2.23. The number of piperazine rings is 1. The molecule has 0 bridgehead atoms. The van der Waals surface area contributed by atoms with Gasteiger partial charge < -0.3 is 19.3 Å². The maximum atomic E-state index is 12.3. The Balaban J connectivity index is 1.39. The van der Waals surface area contributed by atoms with Crippen LogP contribution in [0.5, 0.6) is 5.75 Å². The summed E-state index contributed by atoms with van der Waals surface area (Å²) in [5.74, 6) is 0.875. The lowest BCUT2D eigenvalue weighted by Gasteiger charge is -2.34. The van der Waals surface area contributed by atoms with Crippen LogP contribution in [-0.2, 0) is 20.7 Å². The molecule has 1 aromatic carbocycles. The summed E-state index contributed by atoms with van der Waals surface area (Å²) in [5.41, 5.74) is 0.955. The number of hydrogen-bond acceptors (Lipinski definition) is 7. The molecule has 3 rings (SSSR count). The first kappa shape index (κ1) is 20.6. The third-order valence-corrected chi connectivity index (χ3v) is 4.69. The molecular formula is C21H26N4O4. The molecular weight excluding hydrogens is 372 g/mol. The van der Waals surface area contributed by atoms with Gasteiger partial charge in [0.15, 0.2) is 6.61 Å². The van der Waals surface area contributed by atoms with Crippen molar-refractivity contribution >= 4 is 17.8 Å². The topological polar surface area (TPSA) is 84.9 Å². The number of carbonyl (C=O) groups is 2. The highest BCUT2D eigenvalue weighted by atomic mass is 16.5. The lowest BCUT2D eigenvalue weighted by molar-refractivity contribution is -0.152. The van der Waals surface area contributed by atoms with Crippen molar-refractivity contribution in [1.82, 2.24) is 14.9 Å². The van der Waals surface area contributed by atoms with Crippen molar-refractivity contribution in [2.45, 2.75) is 19.8 Å². The van der Waals surface area contributed by atoms with Gasteiger partial charge in [0.1, 0.15) is 5.75 Å². The Morgan fingerprint density at radius 1 is 1.03 bits per heavy atom. The molecule has 0 N–H and O–H groups in total. The third-order valence-electron chi connectivity index (χ3n) is 4.69. The van der Waals surface area contributed by atoms with E-state index in [0.717, 1.165) is 11.3 Å². The first-order chi connectivity index (χ1) is 14.2. The molecule has 8 heteroatoms. The number of aromatic nitrogens is 2. The number of amides is 1. The van der Waals surface area contributed by atoms with Crippen LogP contribution < -0.4 is 9.64 Å². The molecule has 0 unspecified atom stereocenters. The van der Waals surface area contributed by atoms with Gasteiger partial charge >= 0.3 is 5.97 Å². The average molecular weight is 398 g/mol. The summed E-state index contributed by atoms with van der Waals surface area (Å²) >= 11 is 0. The van der Waals surface area contributed by atoms with Crippen molar-refractivity contribution in [3.8, 4) is 5.75 Å². The number of rotatable bonds is 8. The minimum Gasteiger partial charge on any atom is -0.494 e. The van der Waals surface area contributed by atoms with E-state index in [1.807, 2.05) is 36.1 Å². The fourth-order valence-corrected chi connectivity index (χ4v) is 3.16. The minimum absolute atomic E-state index is 0.179. The van der Waals surface area contributed by atoms with Gasteiger partial charge in [-0.15, -0.1) is 0 Å². The monoisotopic (exact) mass is 398 g/mol. The summed E-state index contributed by atoms with van der Waals surface area (Å²) in [6.45, 7) is 4.67. The summed E-state index contributed by atoms with van der Waals surface area (Å²) in [4.78, 5) is 36.6. The van der Waals surface area contributed by atoms with Crippen LogP contribution in [-0.4, -0.2) is 66.1 Å². The molecule has 0 radical (unpaired) electrons. The molecule has 154 valence electrons. The number of benzene rings is 1. The fraction of sp³-hybridized carbons (Fsp3) is 0.429. The Morgan fingerprint density at radius 2 is 1.76 bits per heavy atom. The van der Waals surface area contributed by atoms with Crippen LogP contribution in [0.25, 0.3) is 0 Å². The van der Waals surface area contributed by atoms with Gasteiger partial charge in [-0.25, -0.2) is 9.97 Å². The Morgan fingerprint density at radius 3 is 2.48 bits per heavy atom. The van der Waals surface area contributed by atoms with E-state index >= 15 is 0 Å². The highest BCUT2D eigenvalue weighted by molar-refractivity contribution is 5.81. The fourth-order valence-electron chi connectivity index (χ4n) is 3.16. The standard InChI is InChI=1S/C21H26N4O4/c1-2-28-18-7-4-3-6-17(18)8-9-20(27)29-16-19(26)24-12-14-25(15-13-24)21-22-10-5-11-23-21/h3-7,10-11H,2,8-9,12-16H2,1H3. The molecule has 1 aliphatic heterocycles. The smallest absolute Gasteiger partial charge is 0.306 e. The van der Waals surface area contributed by atoms with Crippen LogP contribution in [0.1, 0.15) is 18.9 Å². The second-order valence-electron chi connectivity index (χ2n) is 6.62. The van der Waals surface area contributed by atoms with Crippen molar-refractivity contribution in [1.29, 1.82) is 0 Å². The molecule has 2 aromatic rings. The number of para-hydroxylation sites is 1. The quantitative estimate of drug-likeness (QED) is 0.626. The van der Waals surface area contributed by atoms with E-state index < -0.39 is 0 Å². The van der Waals surface area contributed by atoms with Gasteiger partial charge in [-0.05, 0) is 31.0 Å². The van der Waals surface area contributed by atoms with E-state index in [1.165, 1.54) is 0 Å². The third kappa shape index (κ3) is 5.91. The van der Waals surface area contributed by atoms with Crippen LogP contribution in [0, 0.1) is 0 Å². The van der Waals surface area contributed by atoms with E-state index in [1.54, 1.807) is 23.4 Å². The Labute approximate surface area is 170 Å². The van der Waals surface area contributed by atoms with Crippen LogP contribution >= 0.6 is 0 Å². The van der Waals surface area contributed by atoms with Gasteiger partial charge in [0, 0.05) is 45.0 Å². The van der Waals surface area contributed by atoms with Crippen LogP contribution in [0.2, 0.25) is 0 Å². The predicted octanol–water partition coefficient (Wildman–Crippen LogP) is 1.70. The van der Waals surface area contributed by atoms with Crippen LogP contribution in [0.15, 0.2) is 42.7 Å². The van der Waals surface area contributed by atoms with Crippen molar-refractivity contribution in [3.63, 3.8) is 0 Å². The van der Waals surface area contributed by atoms with Gasteiger partial charge in [0.25, 0.3) is 5.91 Å². The van der Waals surface area contributed by atoms with E-state index in [4.69, 9.17) is 9.47 Å². The zero-order valence-electron chi connectivity index (χ0n) is 16.6. The number of ether oxygens (including phenoxy) is 2. The van der Waals surface area contributed by atoms with Crippen molar-refractivity contribution in [2.24, 2.45) is 0 Å². The van der Waals surface area contributed by atoms with Gasteiger partial charge in [-0.2, -0.15) is 0 Å². The van der Waals surface area contributed by atoms with Crippen molar-refractivity contribution in [2.75, 3.05) is 44.3 Å². The molecule has 1 aliphatic rings. The number of anilines is 1. The summed E-state index contributed by atoms with van der Waals surface area (Å²) in [6, 6.07) is 9.39. The average Bonchev–Trinajstić information content (AvgIpc) is 2.78. The van der Waals surface area contributed by atoms with E-state index in [-0.39, 0.29) is 24.9 Å². The zero-order valence-corrected chi connectivity index (χ0v) is 16.6. The molecule has 1 amide bonds. The number of aryl methyl sites for hydroxylation is 1. The number of carbonyl (C=O) groups excluding carboxylic acids is 2. The van der Waals surface area contributed by atoms with E-state index in [2.05, 4.69) is 9.97 Å². The Bertz CT molecular complexity index is 807. The van der Waals surface area contributed by atoms with Gasteiger partial charge in [0.05, 0.1) is 6.61 Å². The highest BCUT2D eigenvalue weighted by Crippen LogP contribution is 2.19. The van der Waals surface area contributed by atoms with Gasteiger partial charge in [-0.1, -0.05) is 18.2 Å². The maximum Gasteiger partial charge on any atom is 0.306 e. The molecule has 1 aromatic heterocycles.